The maximum atomic E-state index is 12.3. The van der Waals surface area contributed by atoms with E-state index in [1.807, 2.05) is 37.3 Å². The van der Waals surface area contributed by atoms with E-state index in [0.717, 1.165) is 11.6 Å². The molecule has 1 unspecified atom stereocenters. The third kappa shape index (κ3) is 4.14. The van der Waals surface area contributed by atoms with Gasteiger partial charge in [0.2, 0.25) is 10.0 Å². The van der Waals surface area contributed by atoms with Crippen LogP contribution in [0, 0.1) is 17.0 Å². The van der Waals surface area contributed by atoms with Crippen molar-refractivity contribution >= 4 is 15.7 Å². The van der Waals surface area contributed by atoms with Crippen LogP contribution in [0.5, 0.6) is 0 Å². The van der Waals surface area contributed by atoms with Gasteiger partial charge in [0.05, 0.1) is 9.82 Å². The number of aryl methyl sites for hydroxylation is 1. The zero-order valence-electron chi connectivity index (χ0n) is 12.9. The van der Waals surface area contributed by atoms with Crippen molar-refractivity contribution in [2.45, 2.75) is 24.7 Å². The van der Waals surface area contributed by atoms with Crippen LogP contribution in [0.25, 0.3) is 0 Å². The van der Waals surface area contributed by atoms with Crippen molar-refractivity contribution in [2.24, 2.45) is 0 Å². The molecule has 0 bridgehead atoms. The SMILES string of the molecule is Cc1ccc(S(=O)(=O)NCC(C)c2ccccc2)cc1[N+](=O)[O-]. The molecule has 0 amide bonds. The Kier molecular flexibility index (Phi) is 5.12. The molecule has 0 aliphatic rings. The van der Waals surface area contributed by atoms with E-state index in [4.69, 9.17) is 0 Å². The van der Waals surface area contributed by atoms with Gasteiger partial charge in [0.25, 0.3) is 5.69 Å². The summed E-state index contributed by atoms with van der Waals surface area (Å²) < 4.78 is 27.1. The quantitative estimate of drug-likeness (QED) is 0.649. The topological polar surface area (TPSA) is 89.3 Å². The summed E-state index contributed by atoms with van der Waals surface area (Å²) in [5, 5.41) is 10.9. The van der Waals surface area contributed by atoms with E-state index in [-0.39, 0.29) is 23.0 Å². The highest BCUT2D eigenvalue weighted by molar-refractivity contribution is 7.89. The number of benzene rings is 2. The van der Waals surface area contributed by atoms with Gasteiger partial charge in [-0.1, -0.05) is 43.3 Å². The molecule has 2 rings (SSSR count). The molecule has 0 heterocycles. The van der Waals surface area contributed by atoms with Gasteiger partial charge >= 0.3 is 0 Å². The monoisotopic (exact) mass is 334 g/mol. The minimum Gasteiger partial charge on any atom is -0.258 e. The largest absolute Gasteiger partial charge is 0.273 e. The molecule has 0 saturated heterocycles. The van der Waals surface area contributed by atoms with Gasteiger partial charge in [-0.05, 0) is 24.5 Å². The lowest BCUT2D eigenvalue weighted by Gasteiger charge is -2.13. The van der Waals surface area contributed by atoms with E-state index in [1.54, 1.807) is 6.92 Å². The van der Waals surface area contributed by atoms with Crippen LogP contribution in [0.15, 0.2) is 53.4 Å². The van der Waals surface area contributed by atoms with Crippen LogP contribution in [-0.4, -0.2) is 19.9 Å². The minimum absolute atomic E-state index is 0.00795. The number of sulfonamides is 1. The normalized spacial score (nSPS) is 12.8. The minimum atomic E-state index is -3.79. The Labute approximate surface area is 135 Å². The Morgan fingerprint density at radius 1 is 1.17 bits per heavy atom. The van der Waals surface area contributed by atoms with E-state index < -0.39 is 14.9 Å². The number of nitrogens with zero attached hydrogens (tertiary/aromatic N) is 1. The molecule has 7 heteroatoms. The van der Waals surface area contributed by atoms with Crippen LogP contribution in [0.2, 0.25) is 0 Å². The number of nitrogens with one attached hydrogen (secondary N) is 1. The van der Waals surface area contributed by atoms with Gasteiger partial charge in [-0.25, -0.2) is 13.1 Å². The van der Waals surface area contributed by atoms with Crippen molar-refractivity contribution in [2.75, 3.05) is 6.54 Å². The van der Waals surface area contributed by atoms with Crippen LogP contribution < -0.4 is 4.72 Å². The molecule has 6 nitrogen and oxygen atoms in total. The molecule has 1 atom stereocenters. The Hall–Kier alpha value is -2.25. The van der Waals surface area contributed by atoms with Gasteiger partial charge < -0.3 is 0 Å². The van der Waals surface area contributed by atoms with E-state index in [0.29, 0.717) is 5.56 Å². The van der Waals surface area contributed by atoms with Gasteiger partial charge in [0.15, 0.2) is 0 Å². The van der Waals surface area contributed by atoms with E-state index in [2.05, 4.69) is 4.72 Å². The van der Waals surface area contributed by atoms with Crippen LogP contribution in [-0.2, 0) is 10.0 Å². The summed E-state index contributed by atoms with van der Waals surface area (Å²) in [6, 6.07) is 13.4. The van der Waals surface area contributed by atoms with Crippen molar-refractivity contribution < 1.29 is 13.3 Å². The molecular formula is C16H18N2O4S. The fraction of sp³-hybridized carbons (Fsp3) is 0.250. The highest BCUT2D eigenvalue weighted by atomic mass is 32.2. The maximum absolute atomic E-state index is 12.3. The van der Waals surface area contributed by atoms with Crippen LogP contribution in [0.1, 0.15) is 24.0 Å². The first kappa shape index (κ1) is 17.1. The predicted octanol–water partition coefficient (Wildman–Crippen LogP) is 2.99. The standard InChI is InChI=1S/C16H18N2O4S/c1-12-8-9-15(10-16(12)18(19)20)23(21,22)17-11-13(2)14-6-4-3-5-7-14/h3-10,13,17H,11H2,1-2H3. The first-order valence-electron chi connectivity index (χ1n) is 7.11. The lowest BCUT2D eigenvalue weighted by molar-refractivity contribution is -0.385. The van der Waals surface area contributed by atoms with Gasteiger partial charge in [-0.3, -0.25) is 10.1 Å². The van der Waals surface area contributed by atoms with Gasteiger partial charge in [-0.15, -0.1) is 0 Å². The Bertz CT molecular complexity index is 804. The summed E-state index contributed by atoms with van der Waals surface area (Å²) in [6.07, 6.45) is 0. The van der Waals surface area contributed by atoms with Gasteiger partial charge in [0.1, 0.15) is 0 Å². The van der Waals surface area contributed by atoms with Gasteiger partial charge in [-0.2, -0.15) is 0 Å². The molecule has 0 saturated carbocycles. The predicted molar refractivity (Wildman–Crippen MR) is 87.9 cm³/mol. The third-order valence-electron chi connectivity index (χ3n) is 3.64. The van der Waals surface area contributed by atoms with E-state index in [1.165, 1.54) is 12.1 Å². The summed E-state index contributed by atoms with van der Waals surface area (Å²) in [5.74, 6) is -0.00795. The first-order chi connectivity index (χ1) is 10.8. The molecule has 0 spiro atoms. The number of nitro benzene ring substituents is 1. The molecule has 0 fully saturated rings. The van der Waals surface area contributed by atoms with Crippen LogP contribution >= 0.6 is 0 Å². The van der Waals surface area contributed by atoms with Gasteiger partial charge in [0, 0.05) is 18.2 Å². The third-order valence-corrected chi connectivity index (χ3v) is 5.06. The molecular weight excluding hydrogens is 316 g/mol. The van der Waals surface area contributed by atoms with E-state index in [9.17, 15) is 18.5 Å². The van der Waals surface area contributed by atoms with Crippen molar-refractivity contribution in [3.8, 4) is 0 Å². The molecule has 2 aromatic carbocycles. The number of nitro groups is 1. The zero-order chi connectivity index (χ0) is 17.0. The molecule has 0 radical (unpaired) electrons. The number of hydrogen-bond acceptors (Lipinski definition) is 4. The average Bonchev–Trinajstić information content (AvgIpc) is 2.53. The van der Waals surface area contributed by atoms with Crippen LogP contribution in [0.4, 0.5) is 5.69 Å². The molecule has 0 aromatic heterocycles. The molecule has 23 heavy (non-hydrogen) atoms. The maximum Gasteiger partial charge on any atom is 0.273 e. The lowest BCUT2D eigenvalue weighted by atomic mass is 10.0. The fourth-order valence-electron chi connectivity index (χ4n) is 2.17. The summed E-state index contributed by atoms with van der Waals surface area (Å²) in [5.41, 5.74) is 1.24. The lowest BCUT2D eigenvalue weighted by Crippen LogP contribution is -2.27. The van der Waals surface area contributed by atoms with Crippen molar-refractivity contribution in [1.82, 2.24) is 4.72 Å². The van der Waals surface area contributed by atoms with Crippen LogP contribution in [0.3, 0.4) is 0 Å². The smallest absolute Gasteiger partial charge is 0.258 e. The highest BCUT2D eigenvalue weighted by Crippen LogP contribution is 2.22. The second-order valence-corrected chi connectivity index (χ2v) is 7.14. The molecule has 1 N–H and O–H groups in total. The second kappa shape index (κ2) is 6.89. The summed E-state index contributed by atoms with van der Waals surface area (Å²) in [6.45, 7) is 3.70. The Morgan fingerprint density at radius 3 is 2.43 bits per heavy atom. The van der Waals surface area contributed by atoms with Crippen molar-refractivity contribution in [3.05, 3.63) is 69.8 Å². The average molecular weight is 334 g/mol. The van der Waals surface area contributed by atoms with Crippen molar-refractivity contribution in [1.29, 1.82) is 0 Å². The summed E-state index contributed by atoms with van der Waals surface area (Å²) >= 11 is 0. The summed E-state index contributed by atoms with van der Waals surface area (Å²) in [4.78, 5) is 10.3. The molecule has 2 aromatic rings. The molecule has 0 aliphatic heterocycles. The fourth-order valence-corrected chi connectivity index (χ4v) is 3.32. The zero-order valence-corrected chi connectivity index (χ0v) is 13.7. The first-order valence-corrected chi connectivity index (χ1v) is 8.59. The highest BCUT2D eigenvalue weighted by Gasteiger charge is 2.20. The summed E-state index contributed by atoms with van der Waals surface area (Å²) in [7, 11) is -3.79. The Balaban J connectivity index is 2.16. The van der Waals surface area contributed by atoms with E-state index >= 15 is 0 Å². The molecule has 0 aliphatic carbocycles. The molecule has 122 valence electrons. The second-order valence-electron chi connectivity index (χ2n) is 5.37. The number of hydrogen-bond donors (Lipinski definition) is 1. The Morgan fingerprint density at radius 2 is 1.83 bits per heavy atom. The number of rotatable bonds is 6. The van der Waals surface area contributed by atoms with Crippen molar-refractivity contribution in [3.63, 3.8) is 0 Å².